The molecule has 3 heteroatoms. The van der Waals surface area contributed by atoms with E-state index in [9.17, 15) is 0 Å². The van der Waals surface area contributed by atoms with Crippen molar-refractivity contribution in [2.45, 2.75) is 71.1 Å². The Morgan fingerprint density at radius 1 is 0.611 bits per heavy atom. The average molecular weight is 333 g/mol. The Bertz CT molecular complexity index is 146. The molecule has 108 valence electrons. The minimum absolute atomic E-state index is 0. The predicted molar refractivity (Wildman–Crippen MR) is 92.2 cm³/mol. The van der Waals surface area contributed by atoms with E-state index in [1.807, 2.05) is 0 Å². The summed E-state index contributed by atoms with van der Waals surface area (Å²) in [4.78, 5) is 0. The van der Waals surface area contributed by atoms with Crippen molar-refractivity contribution in [2.75, 3.05) is 27.7 Å². The summed E-state index contributed by atoms with van der Waals surface area (Å²) in [5.41, 5.74) is 0. The Hall–Kier alpha value is 1.44. The van der Waals surface area contributed by atoms with Crippen molar-refractivity contribution in [3.63, 3.8) is 0 Å². The number of unbranched alkanes of at least 4 members (excludes halogenated alkanes) is 9. The molecule has 0 aromatic rings. The fraction of sp³-hybridized carbons (Fsp3) is 1.00. The van der Waals surface area contributed by atoms with Gasteiger partial charge in [-0.2, -0.15) is 0 Å². The van der Waals surface area contributed by atoms with Gasteiger partial charge in [0.2, 0.25) is 0 Å². The average Bonchev–Trinajstić information content (AvgIpc) is 2.19. The molecule has 1 nitrogen and oxygen atoms in total. The fourth-order valence-electron chi connectivity index (χ4n) is 2.07. The molecular formula is C15H36BrNNa+. The second-order valence-electron chi connectivity index (χ2n) is 6.20. The van der Waals surface area contributed by atoms with Gasteiger partial charge in [0, 0.05) is 0 Å². The second kappa shape index (κ2) is 16.5. The molecule has 0 heterocycles. The third kappa shape index (κ3) is 22.6. The summed E-state index contributed by atoms with van der Waals surface area (Å²) >= 11 is 0. The van der Waals surface area contributed by atoms with Gasteiger partial charge >= 0.3 is 29.6 Å². The van der Waals surface area contributed by atoms with E-state index < -0.39 is 0 Å². The molecule has 18 heavy (non-hydrogen) atoms. The Kier molecular flexibility index (Phi) is 22.4. The van der Waals surface area contributed by atoms with Gasteiger partial charge in [0.05, 0.1) is 27.7 Å². The van der Waals surface area contributed by atoms with E-state index in [1.54, 1.807) is 0 Å². The van der Waals surface area contributed by atoms with Gasteiger partial charge in [0.15, 0.2) is 0 Å². The van der Waals surface area contributed by atoms with Gasteiger partial charge < -0.3 is 4.48 Å². The first kappa shape index (κ1) is 24.5. The molecule has 0 aliphatic carbocycles. The third-order valence-electron chi connectivity index (χ3n) is 3.18. The molecule has 0 radical (unpaired) electrons. The van der Waals surface area contributed by atoms with Crippen LogP contribution in [-0.2, 0) is 0 Å². The van der Waals surface area contributed by atoms with E-state index in [1.165, 1.54) is 70.8 Å². The zero-order valence-electron chi connectivity index (χ0n) is 12.6. The topological polar surface area (TPSA) is 0 Å². The van der Waals surface area contributed by atoms with Crippen molar-refractivity contribution in [2.24, 2.45) is 0 Å². The number of rotatable bonds is 11. The number of hydrogen-bond donors (Lipinski definition) is 0. The molecule has 0 saturated carbocycles. The molecule has 0 spiro atoms. The molecule has 0 atom stereocenters. The summed E-state index contributed by atoms with van der Waals surface area (Å²) in [6.07, 6.45) is 14.4. The molecule has 0 aliphatic heterocycles. The Labute approximate surface area is 149 Å². The van der Waals surface area contributed by atoms with Crippen LogP contribution in [0.2, 0.25) is 0 Å². The van der Waals surface area contributed by atoms with E-state index in [-0.39, 0.29) is 46.5 Å². The van der Waals surface area contributed by atoms with Crippen LogP contribution in [0.15, 0.2) is 0 Å². The van der Waals surface area contributed by atoms with Crippen LogP contribution in [0.1, 0.15) is 71.1 Å². The molecule has 0 aliphatic rings. The quantitative estimate of drug-likeness (QED) is 0.296. The van der Waals surface area contributed by atoms with E-state index in [0.717, 1.165) is 4.48 Å². The number of nitrogens with zero attached hydrogens (tertiary/aromatic N) is 1. The van der Waals surface area contributed by atoms with Crippen molar-refractivity contribution in [1.82, 2.24) is 0 Å². The first-order valence-corrected chi connectivity index (χ1v) is 7.36. The van der Waals surface area contributed by atoms with Gasteiger partial charge in [-0.05, 0) is 12.8 Å². The number of quaternary nitrogens is 1. The van der Waals surface area contributed by atoms with Crippen LogP contribution in [0.4, 0.5) is 0 Å². The zero-order chi connectivity index (χ0) is 12.3. The van der Waals surface area contributed by atoms with Gasteiger partial charge in [0.1, 0.15) is 0 Å². The molecule has 0 aromatic carbocycles. The van der Waals surface area contributed by atoms with Gasteiger partial charge in [0.25, 0.3) is 0 Å². The predicted octanol–water partition coefficient (Wildman–Crippen LogP) is 4.54. The third-order valence-corrected chi connectivity index (χ3v) is 3.18. The van der Waals surface area contributed by atoms with Crippen LogP contribution in [0.3, 0.4) is 0 Å². The first-order chi connectivity index (χ1) is 7.56. The Morgan fingerprint density at radius 2 is 0.944 bits per heavy atom. The number of halogens is 1. The van der Waals surface area contributed by atoms with Crippen LogP contribution in [0, 0.1) is 0 Å². The molecule has 0 unspecified atom stereocenters. The van der Waals surface area contributed by atoms with Gasteiger partial charge in [-0.3, -0.25) is 0 Å². The summed E-state index contributed by atoms with van der Waals surface area (Å²) in [6, 6.07) is 0. The molecule has 0 amide bonds. The van der Waals surface area contributed by atoms with Crippen LogP contribution in [0.5, 0.6) is 0 Å². The van der Waals surface area contributed by atoms with Gasteiger partial charge in [-0.25, -0.2) is 0 Å². The zero-order valence-corrected chi connectivity index (χ0v) is 14.3. The van der Waals surface area contributed by atoms with Crippen molar-refractivity contribution >= 4 is 46.5 Å². The van der Waals surface area contributed by atoms with E-state index in [2.05, 4.69) is 28.1 Å². The monoisotopic (exact) mass is 332 g/mol. The fourth-order valence-corrected chi connectivity index (χ4v) is 2.07. The van der Waals surface area contributed by atoms with Gasteiger partial charge in [-0.1, -0.05) is 58.3 Å². The normalized spacial score (nSPS) is 10.7. The second-order valence-corrected chi connectivity index (χ2v) is 6.20. The van der Waals surface area contributed by atoms with Crippen molar-refractivity contribution in [3.05, 3.63) is 0 Å². The van der Waals surface area contributed by atoms with E-state index in [0.29, 0.717) is 0 Å². The van der Waals surface area contributed by atoms with Crippen LogP contribution in [-0.4, -0.2) is 61.7 Å². The molecule has 0 saturated heterocycles. The molecule has 0 bridgehead atoms. The van der Waals surface area contributed by atoms with Crippen molar-refractivity contribution in [3.8, 4) is 0 Å². The maximum atomic E-state index is 2.29. The Balaban J connectivity index is -0.00000112. The van der Waals surface area contributed by atoms with E-state index >= 15 is 0 Å². The summed E-state index contributed by atoms with van der Waals surface area (Å²) in [5.74, 6) is 0. The summed E-state index contributed by atoms with van der Waals surface area (Å²) < 4.78 is 1.12. The molecule has 0 aromatic heterocycles. The SMILES string of the molecule is Br.CCCCCCCCCCCC[N+](C)(C)C.[NaH]. The summed E-state index contributed by atoms with van der Waals surface area (Å²) in [6.45, 7) is 3.62. The standard InChI is InChI=1S/C15H34N.BrH.Na.H/c1-5-6-7-8-9-10-11-12-13-14-15-16(2,3)4;;;/h5-15H2,1-4H3;1H;;/q+1;;;. The summed E-state index contributed by atoms with van der Waals surface area (Å²) in [7, 11) is 6.86. The van der Waals surface area contributed by atoms with E-state index in [4.69, 9.17) is 0 Å². The maximum absolute atomic E-state index is 2.29. The first-order valence-electron chi connectivity index (χ1n) is 7.36. The Morgan fingerprint density at radius 3 is 1.28 bits per heavy atom. The minimum atomic E-state index is 0. The van der Waals surface area contributed by atoms with Crippen LogP contribution < -0.4 is 0 Å². The molecular weight excluding hydrogens is 297 g/mol. The summed E-state index contributed by atoms with van der Waals surface area (Å²) in [5, 5.41) is 0. The van der Waals surface area contributed by atoms with Gasteiger partial charge in [-0.15, -0.1) is 17.0 Å². The van der Waals surface area contributed by atoms with Crippen LogP contribution in [0.25, 0.3) is 0 Å². The van der Waals surface area contributed by atoms with Crippen molar-refractivity contribution < 1.29 is 4.48 Å². The molecule has 0 N–H and O–H groups in total. The molecule has 0 fully saturated rings. The van der Waals surface area contributed by atoms with Crippen LogP contribution >= 0.6 is 17.0 Å². The molecule has 0 rings (SSSR count). The number of hydrogen-bond acceptors (Lipinski definition) is 0. The van der Waals surface area contributed by atoms with Crippen molar-refractivity contribution in [1.29, 1.82) is 0 Å².